The molecular formula is C12H13FO4. The Morgan fingerprint density at radius 2 is 2.06 bits per heavy atom. The van der Waals surface area contributed by atoms with Gasteiger partial charge < -0.3 is 14.6 Å². The van der Waals surface area contributed by atoms with Crippen molar-refractivity contribution in [2.75, 3.05) is 6.61 Å². The zero-order chi connectivity index (χ0) is 12.3. The zero-order valence-electron chi connectivity index (χ0n) is 9.08. The van der Waals surface area contributed by atoms with E-state index in [1.165, 1.54) is 0 Å². The van der Waals surface area contributed by atoms with Gasteiger partial charge in [-0.2, -0.15) is 0 Å². The van der Waals surface area contributed by atoms with Gasteiger partial charge in [0.2, 0.25) is 0 Å². The first-order valence-electron chi connectivity index (χ1n) is 5.33. The Labute approximate surface area is 98.0 Å². The minimum atomic E-state index is -1.71. The van der Waals surface area contributed by atoms with Crippen molar-refractivity contribution in [3.05, 3.63) is 35.9 Å². The quantitative estimate of drug-likeness (QED) is 0.792. The molecule has 0 spiro atoms. The van der Waals surface area contributed by atoms with Gasteiger partial charge >= 0.3 is 5.97 Å². The molecule has 3 atom stereocenters. The molecule has 2 rings (SSSR count). The fraction of sp³-hybridized carbons (Fsp3) is 0.417. The van der Waals surface area contributed by atoms with Gasteiger partial charge in [0.1, 0.15) is 0 Å². The van der Waals surface area contributed by atoms with E-state index < -0.39 is 24.3 Å². The number of cyclic esters (lactones) is 1. The number of aliphatic hydroxyl groups excluding tert-OH is 1. The molecule has 1 saturated heterocycles. The molecule has 0 aliphatic carbocycles. The summed E-state index contributed by atoms with van der Waals surface area (Å²) in [6.45, 7) is 0.260. The van der Waals surface area contributed by atoms with Gasteiger partial charge in [-0.1, -0.05) is 30.3 Å². The van der Waals surface area contributed by atoms with Crippen LogP contribution in [0.15, 0.2) is 30.3 Å². The number of ether oxygens (including phenoxy) is 2. The van der Waals surface area contributed by atoms with Crippen LogP contribution < -0.4 is 0 Å². The van der Waals surface area contributed by atoms with E-state index in [2.05, 4.69) is 4.74 Å². The Morgan fingerprint density at radius 3 is 2.65 bits per heavy atom. The highest BCUT2D eigenvalue weighted by Gasteiger charge is 2.44. The number of benzene rings is 1. The fourth-order valence-corrected chi connectivity index (χ4v) is 1.61. The summed E-state index contributed by atoms with van der Waals surface area (Å²) in [7, 11) is 0. The van der Waals surface area contributed by atoms with Gasteiger partial charge in [-0.05, 0) is 5.56 Å². The second kappa shape index (κ2) is 5.25. The summed E-state index contributed by atoms with van der Waals surface area (Å²) < 4.78 is 23.2. The van der Waals surface area contributed by atoms with Gasteiger partial charge in [-0.25, -0.2) is 9.18 Å². The molecule has 0 saturated carbocycles. The summed E-state index contributed by atoms with van der Waals surface area (Å²) in [6, 6.07) is 9.38. The van der Waals surface area contributed by atoms with Crippen molar-refractivity contribution in [1.82, 2.24) is 0 Å². The Bertz CT molecular complexity index is 381. The predicted molar refractivity (Wildman–Crippen MR) is 56.9 cm³/mol. The smallest absolute Gasteiger partial charge is 0.338 e. The first kappa shape index (κ1) is 12.0. The molecule has 1 aromatic carbocycles. The van der Waals surface area contributed by atoms with Gasteiger partial charge in [0, 0.05) is 0 Å². The number of halogens is 1. The topological polar surface area (TPSA) is 55.8 Å². The lowest BCUT2D eigenvalue weighted by Gasteiger charge is -2.12. The molecule has 17 heavy (non-hydrogen) atoms. The highest BCUT2D eigenvalue weighted by atomic mass is 19.1. The third-order valence-corrected chi connectivity index (χ3v) is 2.56. The molecule has 5 heteroatoms. The van der Waals surface area contributed by atoms with E-state index in [4.69, 9.17) is 9.84 Å². The zero-order valence-corrected chi connectivity index (χ0v) is 9.08. The Kier molecular flexibility index (Phi) is 3.71. The van der Waals surface area contributed by atoms with Gasteiger partial charge in [-0.3, -0.25) is 0 Å². The number of aliphatic hydroxyl groups is 1. The van der Waals surface area contributed by atoms with E-state index >= 15 is 0 Å². The Hall–Kier alpha value is -1.46. The monoisotopic (exact) mass is 240 g/mol. The predicted octanol–water partition coefficient (Wildman–Crippen LogP) is 0.828. The standard InChI is InChI=1S/C12H13FO4/c13-10-9(17-12(15)11(10)14)7-16-6-8-4-2-1-3-5-8/h1-5,9-11,14H,6-7H2/t9-,10-,11+/m1/s1. The summed E-state index contributed by atoms with van der Waals surface area (Å²) in [6.07, 6.45) is -4.40. The third-order valence-electron chi connectivity index (χ3n) is 2.56. The first-order chi connectivity index (χ1) is 8.18. The minimum Gasteiger partial charge on any atom is -0.455 e. The van der Waals surface area contributed by atoms with E-state index in [0.29, 0.717) is 6.61 Å². The average Bonchev–Trinajstić information content (AvgIpc) is 2.59. The van der Waals surface area contributed by atoms with Crippen LogP contribution in [0.5, 0.6) is 0 Å². The van der Waals surface area contributed by atoms with E-state index in [9.17, 15) is 9.18 Å². The maximum absolute atomic E-state index is 13.3. The van der Waals surface area contributed by atoms with Gasteiger partial charge in [0.15, 0.2) is 18.4 Å². The highest BCUT2D eigenvalue weighted by Crippen LogP contribution is 2.19. The SMILES string of the molecule is O=C1O[C@H](COCc2ccccc2)[C@@H](F)[C@@H]1O. The molecule has 0 amide bonds. The molecule has 4 nitrogen and oxygen atoms in total. The molecule has 1 heterocycles. The molecular weight excluding hydrogens is 227 g/mol. The molecule has 0 bridgehead atoms. The van der Waals surface area contributed by atoms with Crippen LogP contribution in [-0.4, -0.2) is 36.1 Å². The second-order valence-corrected chi connectivity index (χ2v) is 3.87. The summed E-state index contributed by atoms with van der Waals surface area (Å²) in [5, 5.41) is 9.05. The summed E-state index contributed by atoms with van der Waals surface area (Å²) >= 11 is 0. The second-order valence-electron chi connectivity index (χ2n) is 3.87. The number of carbonyl (C=O) groups is 1. The van der Waals surface area contributed by atoms with Crippen LogP contribution in [0.4, 0.5) is 4.39 Å². The molecule has 1 aliphatic rings. The van der Waals surface area contributed by atoms with E-state index in [1.54, 1.807) is 0 Å². The molecule has 1 N–H and O–H groups in total. The van der Waals surface area contributed by atoms with Crippen molar-refractivity contribution in [2.45, 2.75) is 25.0 Å². The maximum atomic E-state index is 13.3. The van der Waals surface area contributed by atoms with E-state index in [1.807, 2.05) is 30.3 Å². The number of hydrogen-bond donors (Lipinski definition) is 1. The molecule has 0 unspecified atom stereocenters. The molecule has 1 fully saturated rings. The van der Waals surface area contributed by atoms with Crippen molar-refractivity contribution < 1.29 is 23.8 Å². The summed E-state index contributed by atoms with van der Waals surface area (Å²) in [4.78, 5) is 10.9. The Balaban J connectivity index is 1.78. The third kappa shape index (κ3) is 2.81. The van der Waals surface area contributed by atoms with Crippen LogP contribution in [0.1, 0.15) is 5.56 Å². The van der Waals surface area contributed by atoms with Gasteiger partial charge in [0.25, 0.3) is 0 Å². The van der Waals surface area contributed by atoms with Crippen LogP contribution in [0.25, 0.3) is 0 Å². The minimum absolute atomic E-state index is 0.0567. The van der Waals surface area contributed by atoms with Crippen molar-refractivity contribution >= 4 is 5.97 Å². The molecule has 0 radical (unpaired) electrons. The van der Waals surface area contributed by atoms with Crippen LogP contribution in [0.3, 0.4) is 0 Å². The number of hydrogen-bond acceptors (Lipinski definition) is 4. The lowest BCUT2D eigenvalue weighted by Crippen LogP contribution is -2.29. The van der Waals surface area contributed by atoms with Crippen molar-refractivity contribution in [2.24, 2.45) is 0 Å². The lowest BCUT2D eigenvalue weighted by molar-refractivity contribution is -0.149. The normalized spacial score (nSPS) is 28.1. The van der Waals surface area contributed by atoms with Crippen LogP contribution in [0, 0.1) is 0 Å². The van der Waals surface area contributed by atoms with Crippen LogP contribution >= 0.6 is 0 Å². The van der Waals surface area contributed by atoms with Crippen LogP contribution in [0.2, 0.25) is 0 Å². The van der Waals surface area contributed by atoms with Gasteiger partial charge in [-0.15, -0.1) is 0 Å². The van der Waals surface area contributed by atoms with Crippen molar-refractivity contribution in [3.63, 3.8) is 0 Å². The molecule has 0 aromatic heterocycles. The highest BCUT2D eigenvalue weighted by molar-refractivity contribution is 5.77. The Morgan fingerprint density at radius 1 is 1.35 bits per heavy atom. The largest absolute Gasteiger partial charge is 0.455 e. The molecule has 92 valence electrons. The number of rotatable bonds is 4. The first-order valence-corrected chi connectivity index (χ1v) is 5.33. The number of alkyl halides is 1. The maximum Gasteiger partial charge on any atom is 0.338 e. The van der Waals surface area contributed by atoms with E-state index in [-0.39, 0.29) is 6.61 Å². The van der Waals surface area contributed by atoms with Crippen molar-refractivity contribution in [3.8, 4) is 0 Å². The molecule has 1 aliphatic heterocycles. The molecule has 1 aromatic rings. The number of carbonyl (C=O) groups excluding carboxylic acids is 1. The summed E-state index contributed by atoms with van der Waals surface area (Å²) in [5.74, 6) is -0.925. The van der Waals surface area contributed by atoms with Crippen LogP contribution in [-0.2, 0) is 20.9 Å². The summed E-state index contributed by atoms with van der Waals surface area (Å²) in [5.41, 5.74) is 0.952. The fourth-order valence-electron chi connectivity index (χ4n) is 1.61. The van der Waals surface area contributed by atoms with Gasteiger partial charge in [0.05, 0.1) is 13.2 Å². The van der Waals surface area contributed by atoms with E-state index in [0.717, 1.165) is 5.56 Å². The van der Waals surface area contributed by atoms with Crippen molar-refractivity contribution in [1.29, 1.82) is 0 Å². The average molecular weight is 240 g/mol. The number of esters is 1. The lowest BCUT2D eigenvalue weighted by atomic mass is 10.2.